The summed E-state index contributed by atoms with van der Waals surface area (Å²) in [5.74, 6) is 2.38. The molecule has 0 atom stereocenters. The molecular weight excluding hydrogens is 450 g/mol. The van der Waals surface area contributed by atoms with Crippen LogP contribution in [0.5, 0.6) is 11.5 Å². The molecule has 1 amide bonds. The molecule has 0 unspecified atom stereocenters. The Labute approximate surface area is 212 Å². The molecule has 0 aliphatic rings. The predicted octanol–water partition coefficient (Wildman–Crippen LogP) is 5.52. The van der Waals surface area contributed by atoms with E-state index in [0.29, 0.717) is 19.7 Å². The maximum absolute atomic E-state index is 12.5. The van der Waals surface area contributed by atoms with Crippen molar-refractivity contribution in [2.24, 2.45) is 0 Å². The van der Waals surface area contributed by atoms with Crippen LogP contribution in [0.2, 0.25) is 0 Å². The first-order valence-electron chi connectivity index (χ1n) is 12.3. The van der Waals surface area contributed by atoms with Crippen LogP contribution < -0.4 is 14.8 Å². The average Bonchev–Trinajstić information content (AvgIpc) is 3.25. The summed E-state index contributed by atoms with van der Waals surface area (Å²) < 4.78 is 13.8. The van der Waals surface area contributed by atoms with E-state index in [4.69, 9.17) is 14.5 Å². The molecule has 0 saturated heterocycles. The first-order chi connectivity index (χ1) is 17.6. The van der Waals surface area contributed by atoms with E-state index in [9.17, 15) is 4.79 Å². The van der Waals surface area contributed by atoms with Gasteiger partial charge in [0.1, 0.15) is 12.4 Å². The lowest BCUT2D eigenvalue weighted by Gasteiger charge is -2.14. The largest absolute Gasteiger partial charge is 0.493 e. The van der Waals surface area contributed by atoms with Gasteiger partial charge in [-0.3, -0.25) is 4.79 Å². The first-order valence-corrected chi connectivity index (χ1v) is 12.3. The van der Waals surface area contributed by atoms with Crippen LogP contribution in [0.4, 0.5) is 0 Å². The number of nitrogens with zero attached hydrogens (tertiary/aromatic N) is 2. The molecule has 0 saturated carbocycles. The number of para-hydroxylation sites is 2. The van der Waals surface area contributed by atoms with Crippen LogP contribution in [-0.2, 0) is 19.4 Å². The van der Waals surface area contributed by atoms with Gasteiger partial charge >= 0.3 is 0 Å². The quantitative estimate of drug-likeness (QED) is 0.213. The van der Waals surface area contributed by atoms with Gasteiger partial charge in [0.2, 0.25) is 0 Å². The maximum atomic E-state index is 12.5. The molecule has 36 heavy (non-hydrogen) atoms. The number of fused-ring (bicyclic) bond motifs is 1. The highest BCUT2D eigenvalue weighted by Gasteiger charge is 2.13. The Morgan fingerprint density at radius 1 is 1.08 bits per heavy atom. The van der Waals surface area contributed by atoms with Crippen LogP contribution in [-0.4, -0.2) is 35.7 Å². The van der Waals surface area contributed by atoms with Gasteiger partial charge in [-0.25, -0.2) is 4.98 Å². The van der Waals surface area contributed by atoms with Gasteiger partial charge in [0.05, 0.1) is 24.7 Å². The van der Waals surface area contributed by atoms with Crippen molar-refractivity contribution >= 4 is 16.9 Å². The number of ether oxygens (including phenoxy) is 2. The number of carbonyl (C=O) groups is 1. The average molecular weight is 484 g/mol. The number of methoxy groups -OCH3 is 1. The summed E-state index contributed by atoms with van der Waals surface area (Å²) in [7, 11) is 1.65. The summed E-state index contributed by atoms with van der Waals surface area (Å²) in [5, 5.41) is 3.03. The summed E-state index contributed by atoms with van der Waals surface area (Å²) in [6, 6.07) is 21.7. The van der Waals surface area contributed by atoms with Gasteiger partial charge in [0, 0.05) is 18.5 Å². The fraction of sp³-hybridized carbons (Fsp3) is 0.267. The van der Waals surface area contributed by atoms with Crippen molar-refractivity contribution < 1.29 is 14.3 Å². The Hall–Kier alpha value is -4.06. The lowest BCUT2D eigenvalue weighted by atomic mass is 10.1. The predicted molar refractivity (Wildman–Crippen MR) is 144 cm³/mol. The number of carbonyl (C=O) groups excluding carboxylic acids is 1. The summed E-state index contributed by atoms with van der Waals surface area (Å²) in [6.07, 6.45) is 4.20. The number of hydrogen-bond donors (Lipinski definition) is 1. The molecule has 4 rings (SSSR count). The third-order valence-corrected chi connectivity index (χ3v) is 6.17. The third kappa shape index (κ3) is 5.95. The van der Waals surface area contributed by atoms with Gasteiger partial charge in [-0.05, 0) is 61.2 Å². The zero-order valence-corrected chi connectivity index (χ0v) is 21.0. The highest BCUT2D eigenvalue weighted by Crippen LogP contribution is 2.28. The molecule has 0 fully saturated rings. The smallest absolute Gasteiger partial charge is 0.251 e. The number of imidazole rings is 1. The molecule has 0 spiro atoms. The van der Waals surface area contributed by atoms with E-state index in [1.54, 1.807) is 7.11 Å². The van der Waals surface area contributed by atoms with E-state index in [1.807, 2.05) is 73.7 Å². The Morgan fingerprint density at radius 3 is 2.69 bits per heavy atom. The van der Waals surface area contributed by atoms with E-state index in [2.05, 4.69) is 22.5 Å². The first kappa shape index (κ1) is 25.0. The van der Waals surface area contributed by atoms with E-state index in [-0.39, 0.29) is 5.91 Å². The molecular formula is C30H33N3O3. The van der Waals surface area contributed by atoms with Crippen molar-refractivity contribution in [1.29, 1.82) is 0 Å². The molecule has 1 heterocycles. The highest BCUT2D eigenvalue weighted by molar-refractivity contribution is 5.95. The molecule has 0 radical (unpaired) electrons. The molecule has 6 nitrogen and oxygen atoms in total. The molecule has 3 aromatic carbocycles. The summed E-state index contributed by atoms with van der Waals surface area (Å²) in [6.45, 7) is 7.47. The van der Waals surface area contributed by atoms with Crippen LogP contribution in [0.15, 0.2) is 79.4 Å². The van der Waals surface area contributed by atoms with Crippen molar-refractivity contribution in [1.82, 2.24) is 14.9 Å². The molecule has 0 aliphatic heterocycles. The zero-order chi connectivity index (χ0) is 25.3. The lowest BCUT2D eigenvalue weighted by molar-refractivity contribution is 0.0952. The maximum Gasteiger partial charge on any atom is 0.251 e. The molecule has 4 aromatic rings. The number of allylic oxidation sites excluding steroid dienone is 1. The Bertz CT molecular complexity index is 1340. The number of amides is 1. The fourth-order valence-electron chi connectivity index (χ4n) is 4.31. The topological polar surface area (TPSA) is 65.4 Å². The molecule has 0 bridgehead atoms. The Kier molecular flexibility index (Phi) is 8.40. The second-order valence-corrected chi connectivity index (χ2v) is 8.67. The van der Waals surface area contributed by atoms with Gasteiger partial charge in [0.25, 0.3) is 5.91 Å². The van der Waals surface area contributed by atoms with Crippen molar-refractivity contribution in [2.45, 2.75) is 32.7 Å². The van der Waals surface area contributed by atoms with Gasteiger partial charge in [-0.1, -0.05) is 42.5 Å². The van der Waals surface area contributed by atoms with Crippen molar-refractivity contribution in [3.05, 3.63) is 102 Å². The molecule has 186 valence electrons. The number of nitrogens with one attached hydrogen (secondary N) is 1. The molecule has 1 aromatic heterocycles. The third-order valence-electron chi connectivity index (χ3n) is 6.17. The minimum absolute atomic E-state index is 0.0388. The van der Waals surface area contributed by atoms with Crippen LogP contribution in [0.25, 0.3) is 11.0 Å². The van der Waals surface area contributed by atoms with Crippen molar-refractivity contribution in [3.8, 4) is 11.5 Å². The lowest BCUT2D eigenvalue weighted by Crippen LogP contribution is -2.25. The van der Waals surface area contributed by atoms with Gasteiger partial charge in [0.15, 0.2) is 11.5 Å². The summed E-state index contributed by atoms with van der Waals surface area (Å²) >= 11 is 0. The van der Waals surface area contributed by atoms with Gasteiger partial charge < -0.3 is 19.4 Å². The Balaban J connectivity index is 1.39. The number of aromatic nitrogens is 2. The summed E-state index contributed by atoms with van der Waals surface area (Å²) in [4.78, 5) is 17.4. The van der Waals surface area contributed by atoms with E-state index >= 15 is 0 Å². The fourth-order valence-corrected chi connectivity index (χ4v) is 4.31. The zero-order valence-electron chi connectivity index (χ0n) is 21.0. The van der Waals surface area contributed by atoms with Crippen molar-refractivity contribution in [2.75, 3.05) is 20.3 Å². The molecule has 6 heteroatoms. The second-order valence-electron chi connectivity index (χ2n) is 8.67. The van der Waals surface area contributed by atoms with Crippen LogP contribution in [0, 0.1) is 6.92 Å². The van der Waals surface area contributed by atoms with E-state index in [1.165, 1.54) is 0 Å². The number of hydrogen-bond acceptors (Lipinski definition) is 4. The number of rotatable bonds is 12. The minimum Gasteiger partial charge on any atom is -0.493 e. The van der Waals surface area contributed by atoms with Crippen LogP contribution in [0.1, 0.15) is 33.7 Å². The Morgan fingerprint density at radius 2 is 1.89 bits per heavy atom. The van der Waals surface area contributed by atoms with E-state index in [0.717, 1.165) is 64.3 Å². The van der Waals surface area contributed by atoms with Gasteiger partial charge in [-0.15, -0.1) is 6.58 Å². The molecule has 0 aliphatic carbocycles. The highest BCUT2D eigenvalue weighted by atomic mass is 16.5. The number of benzene rings is 3. The monoisotopic (exact) mass is 483 g/mol. The van der Waals surface area contributed by atoms with E-state index < -0.39 is 0 Å². The SMILES string of the molecule is C=CCc1ccc(OCCn2c(CCCNC(=O)c3ccccc3C)nc3ccccc32)c(OC)c1. The standard InChI is InChI=1S/C30H33N3O3/c1-4-10-23-16-17-27(28(21-23)35-3)36-20-19-33-26-14-8-7-13-25(26)32-29(33)15-9-18-31-30(34)24-12-6-5-11-22(24)2/h4-8,11-14,16-17,21H,1,9-10,15,18-20H2,2-3H3,(H,31,34). The van der Waals surface area contributed by atoms with Crippen molar-refractivity contribution in [3.63, 3.8) is 0 Å². The van der Waals surface area contributed by atoms with Crippen LogP contribution >= 0.6 is 0 Å². The number of aryl methyl sites for hydroxylation is 2. The second kappa shape index (κ2) is 12.1. The summed E-state index contributed by atoms with van der Waals surface area (Å²) in [5.41, 5.74) is 4.86. The van der Waals surface area contributed by atoms with Crippen LogP contribution in [0.3, 0.4) is 0 Å². The normalized spacial score (nSPS) is 10.8. The molecule has 1 N–H and O–H groups in total. The van der Waals surface area contributed by atoms with Gasteiger partial charge in [-0.2, -0.15) is 0 Å². The minimum atomic E-state index is -0.0388.